The van der Waals surface area contributed by atoms with Gasteiger partial charge in [0.25, 0.3) is 5.91 Å². The summed E-state index contributed by atoms with van der Waals surface area (Å²) in [5.74, 6) is 6.19. The number of benzene rings is 1. The van der Waals surface area contributed by atoms with Gasteiger partial charge in [0.1, 0.15) is 11.5 Å². The molecule has 7 nitrogen and oxygen atoms in total. The molecule has 0 spiro atoms. The van der Waals surface area contributed by atoms with E-state index in [0.29, 0.717) is 17.1 Å². The first-order chi connectivity index (χ1) is 10.6. The Labute approximate surface area is 132 Å². The van der Waals surface area contributed by atoms with Gasteiger partial charge >= 0.3 is 0 Å². The van der Waals surface area contributed by atoms with E-state index in [-0.39, 0.29) is 11.0 Å². The van der Waals surface area contributed by atoms with Crippen LogP contribution in [0.3, 0.4) is 0 Å². The third-order valence-electron chi connectivity index (χ3n) is 2.77. The van der Waals surface area contributed by atoms with Crippen LogP contribution in [-0.2, 0) is 0 Å². The van der Waals surface area contributed by atoms with Crippen molar-refractivity contribution in [3.05, 3.63) is 47.7 Å². The minimum atomic E-state index is -0.130. The second-order valence-corrected chi connectivity index (χ2v) is 4.61. The van der Waals surface area contributed by atoms with Crippen molar-refractivity contribution >= 4 is 29.5 Å². The topological polar surface area (TPSA) is 105 Å². The number of nitrogens with one attached hydrogen (secondary N) is 3. The lowest BCUT2D eigenvalue weighted by Crippen LogP contribution is -2.37. The van der Waals surface area contributed by atoms with E-state index in [0.717, 1.165) is 5.56 Å². The molecule has 2 aromatic rings. The van der Waals surface area contributed by atoms with E-state index in [4.69, 9.17) is 22.5 Å². The van der Waals surface area contributed by atoms with E-state index in [1.807, 2.05) is 18.2 Å². The first-order valence-electron chi connectivity index (χ1n) is 6.36. The Morgan fingerprint density at radius 1 is 1.27 bits per heavy atom. The molecule has 1 aromatic carbocycles. The van der Waals surface area contributed by atoms with Crippen molar-refractivity contribution in [2.75, 3.05) is 7.05 Å². The van der Waals surface area contributed by atoms with Crippen molar-refractivity contribution < 1.29 is 9.21 Å². The molecule has 1 heterocycles. The summed E-state index contributed by atoms with van der Waals surface area (Å²) in [6, 6.07) is 10.7. The van der Waals surface area contributed by atoms with Crippen LogP contribution in [0.2, 0.25) is 0 Å². The quantitative estimate of drug-likeness (QED) is 0.290. The zero-order chi connectivity index (χ0) is 15.9. The van der Waals surface area contributed by atoms with E-state index in [1.54, 1.807) is 25.2 Å². The van der Waals surface area contributed by atoms with E-state index in [9.17, 15) is 4.79 Å². The summed E-state index contributed by atoms with van der Waals surface area (Å²) < 4.78 is 5.63. The van der Waals surface area contributed by atoms with Gasteiger partial charge in [-0.3, -0.25) is 15.6 Å². The number of rotatable bonds is 4. The molecule has 8 heteroatoms. The number of hydrazine groups is 1. The minimum absolute atomic E-state index is 0.130. The first kappa shape index (κ1) is 15.7. The molecule has 0 atom stereocenters. The standard InChI is InChI=1S/C14H15N5O2S/c1-16-13(20)10-4-2-9(3-5-10)12-7-6-11(21-12)8-17-19-14(22)18-15/h2-8H,15H2,1H3,(H,16,20)(H2,18,19,22). The largest absolute Gasteiger partial charge is 0.455 e. The average Bonchev–Trinajstić information content (AvgIpc) is 3.03. The number of furan rings is 1. The van der Waals surface area contributed by atoms with Crippen LogP contribution in [0, 0.1) is 0 Å². The van der Waals surface area contributed by atoms with Gasteiger partial charge in [0.15, 0.2) is 0 Å². The summed E-state index contributed by atoms with van der Waals surface area (Å²) in [7, 11) is 1.59. The third-order valence-corrected chi connectivity index (χ3v) is 2.98. The maximum atomic E-state index is 11.5. The molecule has 114 valence electrons. The summed E-state index contributed by atoms with van der Waals surface area (Å²) >= 11 is 4.77. The van der Waals surface area contributed by atoms with Crippen LogP contribution >= 0.6 is 12.2 Å². The molecular weight excluding hydrogens is 302 g/mol. The van der Waals surface area contributed by atoms with Crippen LogP contribution in [0.25, 0.3) is 11.3 Å². The Bertz CT molecular complexity index is 694. The summed E-state index contributed by atoms with van der Waals surface area (Å²) in [4.78, 5) is 11.5. The van der Waals surface area contributed by atoms with Crippen LogP contribution in [0.4, 0.5) is 0 Å². The molecule has 0 bridgehead atoms. The predicted octanol–water partition coefficient (Wildman–Crippen LogP) is 0.978. The van der Waals surface area contributed by atoms with Crippen molar-refractivity contribution in [3.8, 4) is 11.3 Å². The second kappa shape index (κ2) is 7.34. The Balaban J connectivity index is 2.08. The number of hydrazone groups is 1. The van der Waals surface area contributed by atoms with Gasteiger partial charge in [0.2, 0.25) is 5.11 Å². The SMILES string of the molecule is CNC(=O)c1ccc(-c2ccc(C=NNC(=S)NN)o2)cc1. The molecule has 1 amide bonds. The normalized spacial score (nSPS) is 10.5. The van der Waals surface area contributed by atoms with Crippen molar-refractivity contribution in [1.29, 1.82) is 0 Å². The van der Waals surface area contributed by atoms with Gasteiger partial charge in [-0.2, -0.15) is 5.10 Å². The van der Waals surface area contributed by atoms with Crippen molar-refractivity contribution in [2.45, 2.75) is 0 Å². The Hall–Kier alpha value is -2.71. The molecule has 0 unspecified atom stereocenters. The summed E-state index contributed by atoms with van der Waals surface area (Å²) in [6.07, 6.45) is 1.48. The van der Waals surface area contributed by atoms with E-state index in [1.165, 1.54) is 6.21 Å². The highest BCUT2D eigenvalue weighted by Gasteiger charge is 2.06. The molecule has 0 radical (unpaired) electrons. The summed E-state index contributed by atoms with van der Waals surface area (Å²) in [5, 5.41) is 6.63. The lowest BCUT2D eigenvalue weighted by Gasteiger charge is -2.01. The average molecular weight is 317 g/mol. The van der Waals surface area contributed by atoms with E-state index in [2.05, 4.69) is 21.3 Å². The Kier molecular flexibility index (Phi) is 5.23. The molecule has 2 rings (SSSR count). The zero-order valence-corrected chi connectivity index (χ0v) is 12.6. The first-order valence-corrected chi connectivity index (χ1v) is 6.77. The number of carbonyl (C=O) groups is 1. The predicted molar refractivity (Wildman–Crippen MR) is 88.2 cm³/mol. The third kappa shape index (κ3) is 3.90. The zero-order valence-electron chi connectivity index (χ0n) is 11.8. The molecule has 0 aliphatic carbocycles. The number of hydrogen-bond donors (Lipinski definition) is 4. The number of carbonyl (C=O) groups excluding carboxylic acids is 1. The van der Waals surface area contributed by atoms with Crippen molar-refractivity contribution in [3.63, 3.8) is 0 Å². The highest BCUT2D eigenvalue weighted by molar-refractivity contribution is 7.80. The smallest absolute Gasteiger partial charge is 0.251 e. The minimum Gasteiger partial charge on any atom is -0.455 e. The van der Waals surface area contributed by atoms with Gasteiger partial charge in [-0.05, 0) is 36.5 Å². The molecular formula is C14H15N5O2S. The second-order valence-electron chi connectivity index (χ2n) is 4.20. The number of nitrogens with two attached hydrogens (primary N) is 1. The van der Waals surface area contributed by atoms with Gasteiger partial charge in [-0.1, -0.05) is 12.1 Å². The van der Waals surface area contributed by atoms with E-state index >= 15 is 0 Å². The molecule has 0 aliphatic rings. The molecule has 0 saturated heterocycles. The van der Waals surface area contributed by atoms with Crippen molar-refractivity contribution in [2.24, 2.45) is 10.9 Å². The monoisotopic (exact) mass is 317 g/mol. The summed E-state index contributed by atoms with van der Waals surface area (Å²) in [6.45, 7) is 0. The van der Waals surface area contributed by atoms with E-state index < -0.39 is 0 Å². The molecule has 0 saturated carbocycles. The van der Waals surface area contributed by atoms with Crippen LogP contribution in [0.5, 0.6) is 0 Å². The molecule has 0 aliphatic heterocycles. The Morgan fingerprint density at radius 2 is 2.00 bits per heavy atom. The van der Waals surface area contributed by atoms with Gasteiger partial charge in [-0.15, -0.1) is 0 Å². The van der Waals surface area contributed by atoms with Crippen LogP contribution in [0.1, 0.15) is 16.1 Å². The van der Waals surface area contributed by atoms with Crippen LogP contribution in [-0.4, -0.2) is 24.3 Å². The number of nitrogens with zero attached hydrogens (tertiary/aromatic N) is 1. The fourth-order valence-corrected chi connectivity index (χ4v) is 1.75. The molecule has 1 aromatic heterocycles. The summed E-state index contributed by atoms with van der Waals surface area (Å²) in [5.41, 5.74) is 6.21. The van der Waals surface area contributed by atoms with Gasteiger partial charge in [0, 0.05) is 18.2 Å². The molecule has 0 fully saturated rings. The fraction of sp³-hybridized carbons (Fsp3) is 0.0714. The van der Waals surface area contributed by atoms with Gasteiger partial charge < -0.3 is 9.73 Å². The van der Waals surface area contributed by atoms with Crippen molar-refractivity contribution in [1.82, 2.24) is 16.2 Å². The highest BCUT2D eigenvalue weighted by atomic mass is 32.1. The molecule has 22 heavy (non-hydrogen) atoms. The fourth-order valence-electron chi connectivity index (χ4n) is 1.69. The maximum Gasteiger partial charge on any atom is 0.251 e. The Morgan fingerprint density at radius 3 is 2.64 bits per heavy atom. The molecule has 5 N–H and O–H groups in total. The van der Waals surface area contributed by atoms with Gasteiger partial charge in [-0.25, -0.2) is 5.84 Å². The lowest BCUT2D eigenvalue weighted by molar-refractivity contribution is 0.0963. The number of thiocarbonyl (C=S) groups is 1. The van der Waals surface area contributed by atoms with Crippen LogP contribution in [0.15, 0.2) is 45.9 Å². The lowest BCUT2D eigenvalue weighted by atomic mass is 10.1. The number of hydrogen-bond acceptors (Lipinski definition) is 5. The number of amides is 1. The highest BCUT2D eigenvalue weighted by Crippen LogP contribution is 2.22. The van der Waals surface area contributed by atoms with Gasteiger partial charge in [0.05, 0.1) is 6.21 Å². The maximum absolute atomic E-state index is 11.5. The van der Waals surface area contributed by atoms with Crippen LogP contribution < -0.4 is 22.0 Å².